The van der Waals surface area contributed by atoms with Crippen LogP contribution in [0.2, 0.25) is 0 Å². The summed E-state index contributed by atoms with van der Waals surface area (Å²) in [7, 11) is 0. The first-order chi connectivity index (χ1) is 8.65. The summed E-state index contributed by atoms with van der Waals surface area (Å²) in [6, 6.07) is 0. The maximum absolute atomic E-state index is 5.79. The maximum atomic E-state index is 5.79. The average Bonchev–Trinajstić information content (AvgIpc) is 2.41. The molecule has 2 heterocycles. The van der Waals surface area contributed by atoms with Crippen molar-refractivity contribution in [2.75, 3.05) is 26.2 Å². The molecule has 1 unspecified atom stereocenters. The van der Waals surface area contributed by atoms with Crippen LogP contribution in [-0.2, 0) is 11.2 Å². The zero-order valence-electron chi connectivity index (χ0n) is 10.7. The van der Waals surface area contributed by atoms with Gasteiger partial charge >= 0.3 is 0 Å². The highest BCUT2D eigenvalue weighted by Gasteiger charge is 2.23. The normalized spacial score (nSPS) is 21.2. The van der Waals surface area contributed by atoms with E-state index in [9.17, 15) is 0 Å². The van der Waals surface area contributed by atoms with Crippen LogP contribution in [0, 0.1) is 4.64 Å². The van der Waals surface area contributed by atoms with Crippen molar-refractivity contribution in [2.24, 2.45) is 0 Å². The summed E-state index contributed by atoms with van der Waals surface area (Å²) in [5, 5.41) is 0. The third kappa shape index (κ3) is 2.99. The Morgan fingerprint density at radius 3 is 3.00 bits per heavy atom. The lowest BCUT2D eigenvalue weighted by Crippen LogP contribution is -2.38. The number of morpholine rings is 1. The molecule has 1 aliphatic rings. The molecule has 0 radical (unpaired) electrons. The van der Waals surface area contributed by atoms with Crippen molar-refractivity contribution >= 4 is 28.1 Å². The molecule has 0 aliphatic carbocycles. The molecule has 0 saturated carbocycles. The van der Waals surface area contributed by atoms with E-state index >= 15 is 0 Å². The zero-order valence-corrected chi connectivity index (χ0v) is 13.1. The largest absolute Gasteiger partial charge is 0.368 e. The number of aryl methyl sites for hydroxylation is 1. The number of hydrogen-bond acceptors (Lipinski definition) is 4. The highest BCUT2D eigenvalue weighted by Crippen LogP contribution is 2.23. The van der Waals surface area contributed by atoms with Gasteiger partial charge in [-0.05, 0) is 28.9 Å². The minimum absolute atomic E-state index is 0.00111. The standard InChI is InChI=1S/C12H18BrN3OS/c1-3-8-10(13)12(18)15-11(14-8)9-7-16(4-2)5-6-17-9/h9H,3-7H2,1-2H3,(H,14,15,18). The molecule has 0 aromatic carbocycles. The molecule has 100 valence electrons. The van der Waals surface area contributed by atoms with E-state index in [1.807, 2.05) is 0 Å². The van der Waals surface area contributed by atoms with E-state index in [2.05, 4.69) is 44.6 Å². The molecule has 4 nitrogen and oxygen atoms in total. The Labute approximate surface area is 121 Å². The number of rotatable bonds is 3. The second kappa shape index (κ2) is 6.23. The minimum Gasteiger partial charge on any atom is -0.368 e. The monoisotopic (exact) mass is 331 g/mol. The summed E-state index contributed by atoms with van der Waals surface area (Å²) in [4.78, 5) is 10.1. The highest BCUT2D eigenvalue weighted by atomic mass is 79.9. The van der Waals surface area contributed by atoms with E-state index in [0.717, 1.165) is 48.7 Å². The van der Waals surface area contributed by atoms with Crippen molar-refractivity contribution in [3.8, 4) is 0 Å². The second-order valence-electron chi connectivity index (χ2n) is 4.33. The van der Waals surface area contributed by atoms with Gasteiger partial charge in [0, 0.05) is 18.8 Å². The van der Waals surface area contributed by atoms with Crippen LogP contribution in [0.3, 0.4) is 0 Å². The van der Waals surface area contributed by atoms with Crippen molar-refractivity contribution in [2.45, 2.75) is 26.4 Å². The minimum atomic E-state index is -0.00111. The molecule has 0 amide bonds. The molecule has 1 aromatic heterocycles. The predicted octanol–water partition coefficient (Wildman–Crippen LogP) is 2.86. The quantitative estimate of drug-likeness (QED) is 0.864. The van der Waals surface area contributed by atoms with Crippen LogP contribution in [0.25, 0.3) is 0 Å². The Kier molecular flexibility index (Phi) is 4.89. The van der Waals surface area contributed by atoms with Gasteiger partial charge in [0.15, 0.2) is 0 Å². The molecule has 0 spiro atoms. The topological polar surface area (TPSA) is 41.2 Å². The molecule has 0 bridgehead atoms. The van der Waals surface area contributed by atoms with Crippen molar-refractivity contribution in [3.05, 3.63) is 20.6 Å². The fourth-order valence-electron chi connectivity index (χ4n) is 2.08. The molecule has 1 saturated heterocycles. The van der Waals surface area contributed by atoms with Crippen LogP contribution in [0.4, 0.5) is 0 Å². The zero-order chi connectivity index (χ0) is 13.1. The molecule has 2 rings (SSSR count). The molecule has 1 N–H and O–H groups in total. The number of H-pyrrole nitrogens is 1. The average molecular weight is 332 g/mol. The predicted molar refractivity (Wildman–Crippen MR) is 77.3 cm³/mol. The van der Waals surface area contributed by atoms with E-state index in [1.54, 1.807) is 0 Å². The van der Waals surface area contributed by atoms with E-state index in [1.165, 1.54) is 0 Å². The van der Waals surface area contributed by atoms with Gasteiger partial charge in [-0.2, -0.15) is 0 Å². The van der Waals surface area contributed by atoms with Crippen LogP contribution in [-0.4, -0.2) is 41.1 Å². The number of aromatic amines is 1. The third-order valence-electron chi connectivity index (χ3n) is 3.21. The summed E-state index contributed by atoms with van der Waals surface area (Å²) in [6.45, 7) is 7.91. The Morgan fingerprint density at radius 2 is 2.33 bits per heavy atom. The van der Waals surface area contributed by atoms with Gasteiger partial charge < -0.3 is 9.72 Å². The third-order valence-corrected chi connectivity index (χ3v) is 4.62. The molecular weight excluding hydrogens is 314 g/mol. The Morgan fingerprint density at radius 1 is 1.56 bits per heavy atom. The second-order valence-corrected chi connectivity index (χ2v) is 5.51. The lowest BCUT2D eigenvalue weighted by molar-refractivity contribution is -0.0327. The Hall–Kier alpha value is -0.300. The van der Waals surface area contributed by atoms with Crippen LogP contribution in [0.5, 0.6) is 0 Å². The van der Waals surface area contributed by atoms with Gasteiger partial charge in [0.05, 0.1) is 11.1 Å². The van der Waals surface area contributed by atoms with Gasteiger partial charge in [-0.15, -0.1) is 0 Å². The first-order valence-corrected chi connectivity index (χ1v) is 7.48. The van der Waals surface area contributed by atoms with E-state index in [4.69, 9.17) is 17.0 Å². The van der Waals surface area contributed by atoms with Gasteiger partial charge in [-0.3, -0.25) is 4.90 Å². The molecule has 1 fully saturated rings. The number of likely N-dealkylation sites (N-methyl/N-ethyl adjacent to an activating group) is 1. The van der Waals surface area contributed by atoms with Crippen LogP contribution in [0.1, 0.15) is 31.5 Å². The van der Waals surface area contributed by atoms with Crippen molar-refractivity contribution < 1.29 is 4.74 Å². The van der Waals surface area contributed by atoms with Crippen LogP contribution >= 0.6 is 28.1 Å². The van der Waals surface area contributed by atoms with Crippen LogP contribution in [0.15, 0.2) is 4.47 Å². The Bertz CT molecular complexity index is 477. The highest BCUT2D eigenvalue weighted by molar-refractivity contribution is 9.10. The summed E-state index contributed by atoms with van der Waals surface area (Å²) in [5.74, 6) is 0.846. The molecule has 6 heteroatoms. The van der Waals surface area contributed by atoms with Gasteiger partial charge in [0.2, 0.25) is 0 Å². The van der Waals surface area contributed by atoms with Gasteiger partial charge in [-0.25, -0.2) is 4.98 Å². The summed E-state index contributed by atoms with van der Waals surface area (Å²) in [5.41, 5.74) is 1.09. The number of hydrogen-bond donors (Lipinski definition) is 1. The molecule has 1 aliphatic heterocycles. The SMILES string of the molecule is CCc1[nH]c(C2CN(CC)CCO2)nc(=S)c1Br. The number of nitrogens with one attached hydrogen (secondary N) is 1. The summed E-state index contributed by atoms with van der Waals surface area (Å²) in [6.07, 6.45) is 0.892. The van der Waals surface area contributed by atoms with Crippen molar-refractivity contribution in [1.29, 1.82) is 0 Å². The first-order valence-electron chi connectivity index (χ1n) is 6.28. The van der Waals surface area contributed by atoms with Gasteiger partial charge in [0.25, 0.3) is 0 Å². The van der Waals surface area contributed by atoms with Crippen molar-refractivity contribution in [3.63, 3.8) is 0 Å². The van der Waals surface area contributed by atoms with Gasteiger partial charge in [0.1, 0.15) is 16.6 Å². The first kappa shape index (κ1) is 14.1. The lowest BCUT2D eigenvalue weighted by Gasteiger charge is -2.31. The van der Waals surface area contributed by atoms with Gasteiger partial charge in [-0.1, -0.05) is 26.1 Å². The fraction of sp³-hybridized carbons (Fsp3) is 0.667. The Balaban J connectivity index is 2.27. The fourth-order valence-corrected chi connectivity index (χ4v) is 2.77. The molecule has 1 aromatic rings. The number of aromatic nitrogens is 2. The molecular formula is C12H18BrN3OS. The number of halogens is 1. The van der Waals surface area contributed by atoms with Crippen LogP contribution < -0.4 is 0 Å². The number of ether oxygens (including phenoxy) is 1. The number of nitrogens with zero attached hydrogens (tertiary/aromatic N) is 2. The van der Waals surface area contributed by atoms with Crippen molar-refractivity contribution in [1.82, 2.24) is 14.9 Å². The van der Waals surface area contributed by atoms with E-state index < -0.39 is 0 Å². The van der Waals surface area contributed by atoms with E-state index in [0.29, 0.717) is 4.64 Å². The van der Waals surface area contributed by atoms with E-state index in [-0.39, 0.29) is 6.10 Å². The summed E-state index contributed by atoms with van der Waals surface area (Å²) >= 11 is 8.75. The summed E-state index contributed by atoms with van der Waals surface area (Å²) < 4.78 is 7.30. The lowest BCUT2D eigenvalue weighted by atomic mass is 10.2. The smallest absolute Gasteiger partial charge is 0.144 e. The maximum Gasteiger partial charge on any atom is 0.144 e. The molecule has 18 heavy (non-hydrogen) atoms. The molecule has 1 atom stereocenters.